The number of ether oxygens (including phenoxy) is 1. The molecule has 0 N–H and O–H groups in total. The van der Waals surface area contributed by atoms with Crippen molar-refractivity contribution in [2.24, 2.45) is 4.99 Å². The van der Waals surface area contributed by atoms with Crippen molar-refractivity contribution in [1.82, 2.24) is 4.57 Å². The van der Waals surface area contributed by atoms with E-state index in [9.17, 15) is 25.0 Å². The molecule has 0 saturated heterocycles. The van der Waals surface area contributed by atoms with Gasteiger partial charge in [0.2, 0.25) is 0 Å². The summed E-state index contributed by atoms with van der Waals surface area (Å²) in [7, 11) is 0. The van der Waals surface area contributed by atoms with Gasteiger partial charge in [0.15, 0.2) is 4.80 Å². The van der Waals surface area contributed by atoms with Crippen LogP contribution in [0.3, 0.4) is 0 Å². The van der Waals surface area contributed by atoms with Gasteiger partial charge in [0, 0.05) is 23.3 Å². The van der Waals surface area contributed by atoms with Crippen LogP contribution >= 0.6 is 11.3 Å². The van der Waals surface area contributed by atoms with Crippen LogP contribution in [0.4, 0.5) is 5.69 Å². The third-order valence-electron chi connectivity index (χ3n) is 6.48. The maximum Gasteiger partial charge on any atom is 0.338 e. The van der Waals surface area contributed by atoms with Crippen LogP contribution in [-0.4, -0.2) is 22.1 Å². The molecule has 1 aliphatic rings. The first kappa shape index (κ1) is 26.5. The van der Waals surface area contributed by atoms with Crippen molar-refractivity contribution in [3.63, 3.8) is 0 Å². The number of benzene rings is 2. The Balaban J connectivity index is 1.68. The number of hydrogen-bond acceptors (Lipinski definition) is 9. The lowest BCUT2D eigenvalue weighted by molar-refractivity contribution is -0.385. The number of carbonyl (C=O) groups excluding carboxylic acids is 1. The number of nitriles is 1. The minimum Gasteiger partial charge on any atom is -0.463 e. The molecule has 0 amide bonds. The minimum atomic E-state index is -0.980. The van der Waals surface area contributed by atoms with E-state index < -0.39 is 22.5 Å². The van der Waals surface area contributed by atoms with Crippen LogP contribution in [0.25, 0.3) is 17.4 Å². The predicted molar refractivity (Wildman–Crippen MR) is 147 cm³/mol. The van der Waals surface area contributed by atoms with Gasteiger partial charge in [-0.2, -0.15) is 5.26 Å². The molecule has 0 saturated carbocycles. The molecule has 40 heavy (non-hydrogen) atoms. The Morgan fingerprint density at radius 1 is 1.25 bits per heavy atom. The zero-order chi connectivity index (χ0) is 28.6. The number of fused-ring (bicyclic) bond motifs is 1. The number of esters is 1. The van der Waals surface area contributed by atoms with Crippen molar-refractivity contribution >= 4 is 29.1 Å². The molecule has 0 fully saturated rings. The normalized spacial score (nSPS) is 14.8. The van der Waals surface area contributed by atoms with Crippen molar-refractivity contribution in [3.8, 4) is 17.4 Å². The highest BCUT2D eigenvalue weighted by Gasteiger charge is 2.34. The maximum atomic E-state index is 13.8. The van der Waals surface area contributed by atoms with Crippen LogP contribution in [-0.2, 0) is 9.53 Å². The van der Waals surface area contributed by atoms with E-state index in [1.54, 1.807) is 75.4 Å². The molecule has 0 aliphatic carbocycles. The fourth-order valence-electron chi connectivity index (χ4n) is 4.60. The molecule has 2 aromatic heterocycles. The van der Waals surface area contributed by atoms with E-state index >= 15 is 0 Å². The predicted octanol–water partition coefficient (Wildman–Crippen LogP) is 4.15. The van der Waals surface area contributed by atoms with Gasteiger partial charge < -0.3 is 9.15 Å². The number of rotatable bonds is 6. The first-order valence-electron chi connectivity index (χ1n) is 12.3. The molecule has 0 bridgehead atoms. The quantitative estimate of drug-likeness (QED) is 0.198. The lowest BCUT2D eigenvalue weighted by atomic mass is 9.94. The molecular weight excluding hydrogens is 532 g/mol. The molecule has 1 atom stereocenters. The molecule has 200 valence electrons. The lowest BCUT2D eigenvalue weighted by Gasteiger charge is -2.24. The van der Waals surface area contributed by atoms with Crippen LogP contribution in [0, 0.1) is 28.4 Å². The monoisotopic (exact) mass is 554 g/mol. The van der Waals surface area contributed by atoms with Crippen molar-refractivity contribution in [3.05, 3.63) is 118 Å². The fraction of sp³-hybridized carbons (Fsp3) is 0.172. The molecule has 3 heterocycles. The number of hydrogen-bond donors (Lipinski definition) is 0. The SMILES string of the molecule is CCOC(=O)C1=C(C)N=c2s/c(=C/c3ccc(-c4ccccc4C#N)o3)c(=O)n2[C@H]1c1ccc(C)c([N+](=O)[O-])c1. The summed E-state index contributed by atoms with van der Waals surface area (Å²) in [4.78, 5) is 42.9. The van der Waals surface area contributed by atoms with E-state index in [1.807, 2.05) is 0 Å². The number of thiazole rings is 1. The molecule has 0 radical (unpaired) electrons. The van der Waals surface area contributed by atoms with Gasteiger partial charge in [-0.1, -0.05) is 35.6 Å². The van der Waals surface area contributed by atoms with Crippen LogP contribution in [0.15, 0.2) is 80.1 Å². The van der Waals surface area contributed by atoms with Crippen LogP contribution in [0.5, 0.6) is 0 Å². The van der Waals surface area contributed by atoms with Crippen molar-refractivity contribution < 1.29 is 18.9 Å². The third kappa shape index (κ3) is 4.65. The number of carbonyl (C=O) groups is 1. The Labute approximate surface area is 231 Å². The first-order chi connectivity index (χ1) is 19.2. The molecule has 4 aromatic rings. The Morgan fingerprint density at radius 3 is 2.75 bits per heavy atom. The van der Waals surface area contributed by atoms with Gasteiger partial charge in [-0.15, -0.1) is 0 Å². The second kappa shape index (κ2) is 10.6. The van der Waals surface area contributed by atoms with Gasteiger partial charge >= 0.3 is 5.97 Å². The number of nitro benzene ring substituents is 1. The van der Waals surface area contributed by atoms with Crippen LogP contribution in [0.2, 0.25) is 0 Å². The largest absolute Gasteiger partial charge is 0.463 e. The van der Waals surface area contributed by atoms with Crippen LogP contribution in [0.1, 0.15) is 42.3 Å². The zero-order valence-electron chi connectivity index (χ0n) is 21.7. The minimum absolute atomic E-state index is 0.108. The molecule has 5 rings (SSSR count). The third-order valence-corrected chi connectivity index (χ3v) is 7.46. The highest BCUT2D eigenvalue weighted by Crippen LogP contribution is 2.33. The number of nitro groups is 1. The Kier molecular flexibility index (Phi) is 7.02. The van der Waals surface area contributed by atoms with E-state index in [1.165, 1.54) is 10.6 Å². The lowest BCUT2D eigenvalue weighted by Crippen LogP contribution is -2.40. The van der Waals surface area contributed by atoms with Gasteiger partial charge in [0.05, 0.1) is 45.0 Å². The second-order valence-electron chi connectivity index (χ2n) is 8.96. The van der Waals surface area contributed by atoms with E-state index in [2.05, 4.69) is 11.1 Å². The molecule has 0 unspecified atom stereocenters. The molecule has 1 aliphatic heterocycles. The smallest absolute Gasteiger partial charge is 0.338 e. The number of furan rings is 1. The van der Waals surface area contributed by atoms with Gasteiger partial charge in [-0.3, -0.25) is 19.5 Å². The number of nitrogens with zero attached hydrogens (tertiary/aromatic N) is 4. The topological polar surface area (TPSA) is 141 Å². The summed E-state index contributed by atoms with van der Waals surface area (Å²) in [6.45, 7) is 5.04. The second-order valence-corrected chi connectivity index (χ2v) is 9.97. The van der Waals surface area contributed by atoms with Crippen molar-refractivity contribution in [2.75, 3.05) is 6.61 Å². The van der Waals surface area contributed by atoms with E-state index in [-0.39, 0.29) is 22.4 Å². The van der Waals surface area contributed by atoms with Crippen molar-refractivity contribution in [2.45, 2.75) is 26.8 Å². The number of aromatic nitrogens is 1. The van der Waals surface area contributed by atoms with Gasteiger partial charge in [-0.25, -0.2) is 9.79 Å². The maximum absolute atomic E-state index is 13.8. The highest BCUT2D eigenvalue weighted by molar-refractivity contribution is 7.07. The van der Waals surface area contributed by atoms with Crippen LogP contribution < -0.4 is 14.9 Å². The molecule has 2 aromatic carbocycles. The number of allylic oxidation sites excluding steroid dienone is 1. The summed E-state index contributed by atoms with van der Waals surface area (Å²) in [5.41, 5.74) is 1.83. The van der Waals surface area contributed by atoms with E-state index in [0.717, 1.165) is 11.3 Å². The first-order valence-corrected chi connectivity index (χ1v) is 13.1. The van der Waals surface area contributed by atoms with Gasteiger partial charge in [0.25, 0.3) is 11.2 Å². The summed E-state index contributed by atoms with van der Waals surface area (Å²) < 4.78 is 12.9. The summed E-state index contributed by atoms with van der Waals surface area (Å²) in [5.74, 6) is 0.205. The Morgan fingerprint density at radius 2 is 2.02 bits per heavy atom. The summed E-state index contributed by atoms with van der Waals surface area (Å²) in [5, 5.41) is 21.1. The summed E-state index contributed by atoms with van der Waals surface area (Å²) in [6, 6.07) is 16.2. The van der Waals surface area contributed by atoms with Gasteiger partial charge in [0.1, 0.15) is 11.5 Å². The van der Waals surface area contributed by atoms with Gasteiger partial charge in [-0.05, 0) is 50.6 Å². The highest BCUT2D eigenvalue weighted by atomic mass is 32.1. The fourth-order valence-corrected chi connectivity index (χ4v) is 5.63. The molecule has 0 spiro atoms. The Bertz CT molecular complexity index is 1940. The zero-order valence-corrected chi connectivity index (χ0v) is 22.5. The van der Waals surface area contributed by atoms with E-state index in [0.29, 0.717) is 44.3 Å². The summed E-state index contributed by atoms with van der Waals surface area (Å²) >= 11 is 1.11. The summed E-state index contributed by atoms with van der Waals surface area (Å²) in [6.07, 6.45) is 1.57. The van der Waals surface area contributed by atoms with Crippen molar-refractivity contribution in [1.29, 1.82) is 5.26 Å². The molecular formula is C29H22N4O6S. The standard InChI is InChI=1S/C29H22N4O6S/c1-4-38-28(35)25-17(3)31-29-32(26(25)18-10-9-16(2)22(13-18)33(36)37)27(34)24(40-29)14-20-11-12-23(39-20)21-8-6-5-7-19(21)15-30/h5-14,26H,4H2,1-3H3/b24-14+/t26-/m0/s1. The van der Waals surface area contributed by atoms with E-state index in [4.69, 9.17) is 9.15 Å². The number of aryl methyl sites for hydroxylation is 1. The molecule has 11 heteroatoms. The average Bonchev–Trinajstić information content (AvgIpc) is 3.52. The Hall–Kier alpha value is -5.08. The molecule has 10 nitrogen and oxygen atoms in total. The average molecular weight is 555 g/mol.